The first-order valence-corrected chi connectivity index (χ1v) is 11.9. The summed E-state index contributed by atoms with van der Waals surface area (Å²) in [7, 11) is 0. The third-order valence-electron chi connectivity index (χ3n) is 5.77. The Morgan fingerprint density at radius 2 is 1.55 bits per heavy atom. The lowest BCUT2D eigenvalue weighted by molar-refractivity contribution is 0.0944. The molecule has 2 heterocycles. The van der Waals surface area contributed by atoms with Crippen molar-refractivity contribution in [3.63, 3.8) is 0 Å². The van der Waals surface area contributed by atoms with Gasteiger partial charge in [-0.3, -0.25) is 9.78 Å². The van der Waals surface area contributed by atoms with Crippen molar-refractivity contribution in [2.75, 3.05) is 0 Å². The van der Waals surface area contributed by atoms with Crippen LogP contribution in [0.15, 0.2) is 48.7 Å². The molecule has 2 aromatic heterocycles. The fraction of sp³-hybridized carbons (Fsp3) is 0.500. The van der Waals surface area contributed by atoms with Crippen LogP contribution in [0.2, 0.25) is 0 Å². The molecule has 0 aliphatic rings. The molecule has 5 heteroatoms. The summed E-state index contributed by atoms with van der Waals surface area (Å²) in [6.45, 7) is 3.61. The summed E-state index contributed by atoms with van der Waals surface area (Å²) >= 11 is 0. The van der Waals surface area contributed by atoms with Crippen LogP contribution in [0.1, 0.15) is 87.4 Å². The molecule has 3 aromatic rings. The van der Waals surface area contributed by atoms with E-state index in [1.807, 2.05) is 24.3 Å². The first-order chi connectivity index (χ1) is 15.3. The van der Waals surface area contributed by atoms with Crippen molar-refractivity contribution in [3.8, 4) is 0 Å². The minimum absolute atomic E-state index is 0.168. The van der Waals surface area contributed by atoms with Gasteiger partial charge in [0.15, 0.2) is 0 Å². The molecule has 166 valence electrons. The molecule has 0 aliphatic carbocycles. The Morgan fingerprint density at radius 1 is 0.871 bits per heavy atom. The number of para-hydroxylation sites is 2. The average Bonchev–Trinajstić information content (AvgIpc) is 3.16. The zero-order valence-electron chi connectivity index (χ0n) is 18.9. The number of hydrogen-bond donors (Lipinski definition) is 1. The minimum atomic E-state index is -0.168. The molecule has 1 N–H and O–H groups in total. The molecule has 0 fully saturated rings. The molecule has 0 spiro atoms. The first-order valence-electron chi connectivity index (χ1n) is 11.9. The lowest BCUT2D eigenvalue weighted by Gasteiger charge is -2.10. The van der Waals surface area contributed by atoms with Gasteiger partial charge in [-0.25, -0.2) is 4.98 Å². The van der Waals surface area contributed by atoms with Crippen molar-refractivity contribution in [1.29, 1.82) is 0 Å². The van der Waals surface area contributed by atoms with Crippen LogP contribution < -0.4 is 5.32 Å². The molecule has 0 radical (unpaired) electrons. The van der Waals surface area contributed by atoms with E-state index >= 15 is 0 Å². The fourth-order valence-electron chi connectivity index (χ4n) is 4.01. The highest BCUT2D eigenvalue weighted by atomic mass is 16.1. The zero-order chi connectivity index (χ0) is 21.7. The maximum absolute atomic E-state index is 12.4. The van der Waals surface area contributed by atoms with E-state index in [-0.39, 0.29) is 5.91 Å². The van der Waals surface area contributed by atoms with E-state index in [0.29, 0.717) is 12.2 Å². The Kier molecular flexibility index (Phi) is 9.55. The fourth-order valence-corrected chi connectivity index (χ4v) is 4.01. The standard InChI is InChI=1S/C26H36N4O/c1-2-3-4-5-6-7-8-9-10-15-20-30-24-18-12-11-16-22(24)29-25(30)21-28-26(31)23-17-13-14-19-27-23/h11-14,16-19H,2-10,15,20-21H2,1H3,(H,28,31). The highest BCUT2D eigenvalue weighted by Crippen LogP contribution is 2.18. The summed E-state index contributed by atoms with van der Waals surface area (Å²) < 4.78 is 2.26. The number of hydrogen-bond acceptors (Lipinski definition) is 3. The summed E-state index contributed by atoms with van der Waals surface area (Å²) in [6.07, 6.45) is 14.9. The molecule has 0 saturated heterocycles. The quantitative estimate of drug-likeness (QED) is 0.312. The number of carbonyl (C=O) groups excluding carboxylic acids is 1. The molecule has 0 aliphatic heterocycles. The molecule has 1 amide bonds. The van der Waals surface area contributed by atoms with Gasteiger partial charge in [0.1, 0.15) is 11.5 Å². The van der Waals surface area contributed by atoms with Crippen LogP contribution in [0.3, 0.4) is 0 Å². The number of imidazole rings is 1. The number of benzene rings is 1. The number of pyridine rings is 1. The van der Waals surface area contributed by atoms with E-state index in [2.05, 4.69) is 33.9 Å². The van der Waals surface area contributed by atoms with E-state index < -0.39 is 0 Å². The number of aromatic nitrogens is 3. The second-order valence-corrected chi connectivity index (χ2v) is 8.25. The van der Waals surface area contributed by atoms with Crippen molar-refractivity contribution in [3.05, 3.63) is 60.2 Å². The summed E-state index contributed by atoms with van der Waals surface area (Å²) in [5.41, 5.74) is 2.55. The lowest BCUT2D eigenvalue weighted by atomic mass is 10.1. The van der Waals surface area contributed by atoms with Crippen LogP contribution in [0, 0.1) is 0 Å². The largest absolute Gasteiger partial charge is 0.343 e. The SMILES string of the molecule is CCCCCCCCCCCCn1c(CNC(=O)c2ccccn2)nc2ccccc21. The Morgan fingerprint density at radius 3 is 2.26 bits per heavy atom. The zero-order valence-corrected chi connectivity index (χ0v) is 18.9. The average molecular weight is 421 g/mol. The van der Waals surface area contributed by atoms with Gasteiger partial charge in [0, 0.05) is 12.7 Å². The monoisotopic (exact) mass is 420 g/mol. The van der Waals surface area contributed by atoms with E-state index in [4.69, 9.17) is 4.98 Å². The predicted molar refractivity (Wildman–Crippen MR) is 127 cm³/mol. The molecule has 0 saturated carbocycles. The Bertz CT molecular complexity index is 920. The van der Waals surface area contributed by atoms with Gasteiger partial charge in [-0.1, -0.05) is 82.9 Å². The van der Waals surface area contributed by atoms with Gasteiger partial charge in [-0.15, -0.1) is 0 Å². The smallest absolute Gasteiger partial charge is 0.270 e. The van der Waals surface area contributed by atoms with Crippen molar-refractivity contribution >= 4 is 16.9 Å². The molecule has 1 aromatic carbocycles. The van der Waals surface area contributed by atoms with Crippen LogP contribution in [-0.4, -0.2) is 20.4 Å². The molecule has 0 atom stereocenters. The van der Waals surface area contributed by atoms with Gasteiger partial charge >= 0.3 is 0 Å². The lowest BCUT2D eigenvalue weighted by Crippen LogP contribution is -2.25. The van der Waals surface area contributed by atoms with Crippen molar-refractivity contribution in [2.24, 2.45) is 0 Å². The van der Waals surface area contributed by atoms with Crippen LogP contribution in [0.4, 0.5) is 0 Å². The van der Waals surface area contributed by atoms with Gasteiger partial charge in [-0.05, 0) is 30.7 Å². The van der Waals surface area contributed by atoms with Crippen molar-refractivity contribution < 1.29 is 4.79 Å². The summed E-state index contributed by atoms with van der Waals surface area (Å²) in [5.74, 6) is 0.736. The normalized spacial score (nSPS) is 11.1. The van der Waals surface area contributed by atoms with E-state index in [9.17, 15) is 4.79 Å². The van der Waals surface area contributed by atoms with Crippen molar-refractivity contribution in [1.82, 2.24) is 19.9 Å². The number of aryl methyl sites for hydroxylation is 1. The third-order valence-corrected chi connectivity index (χ3v) is 5.77. The topological polar surface area (TPSA) is 59.8 Å². The third kappa shape index (κ3) is 7.20. The Balaban J connectivity index is 1.48. The predicted octanol–water partition coefficient (Wildman–Crippen LogP) is 6.28. The Hall–Kier alpha value is -2.69. The van der Waals surface area contributed by atoms with Crippen LogP contribution >= 0.6 is 0 Å². The molecule has 5 nitrogen and oxygen atoms in total. The maximum Gasteiger partial charge on any atom is 0.270 e. The number of nitrogens with zero attached hydrogens (tertiary/aromatic N) is 3. The van der Waals surface area contributed by atoms with Crippen molar-refractivity contribution in [2.45, 2.75) is 84.2 Å². The minimum Gasteiger partial charge on any atom is -0.343 e. The first kappa shape index (κ1) is 23.0. The Labute approximate surface area is 186 Å². The summed E-state index contributed by atoms with van der Waals surface area (Å²) in [5, 5.41) is 2.97. The van der Waals surface area contributed by atoms with Crippen LogP contribution in [0.25, 0.3) is 11.0 Å². The number of rotatable bonds is 14. The van der Waals surface area contributed by atoms with Gasteiger partial charge in [-0.2, -0.15) is 0 Å². The molecule has 3 rings (SSSR count). The molecule has 0 unspecified atom stereocenters. The van der Waals surface area contributed by atoms with Gasteiger partial charge in [0.25, 0.3) is 5.91 Å². The second kappa shape index (κ2) is 12.9. The van der Waals surface area contributed by atoms with E-state index in [1.54, 1.807) is 12.3 Å². The maximum atomic E-state index is 12.4. The summed E-state index contributed by atoms with van der Waals surface area (Å²) in [4.78, 5) is 21.3. The highest BCUT2D eigenvalue weighted by Gasteiger charge is 2.12. The second-order valence-electron chi connectivity index (χ2n) is 8.25. The highest BCUT2D eigenvalue weighted by molar-refractivity contribution is 5.92. The van der Waals surface area contributed by atoms with E-state index in [0.717, 1.165) is 29.8 Å². The van der Waals surface area contributed by atoms with Gasteiger partial charge in [0.2, 0.25) is 0 Å². The van der Waals surface area contributed by atoms with Crippen LogP contribution in [-0.2, 0) is 13.1 Å². The number of carbonyl (C=O) groups is 1. The van der Waals surface area contributed by atoms with Gasteiger partial charge in [0.05, 0.1) is 17.6 Å². The molecular formula is C26H36N4O. The molecule has 0 bridgehead atoms. The number of unbranched alkanes of at least 4 members (excludes halogenated alkanes) is 9. The van der Waals surface area contributed by atoms with Gasteiger partial charge < -0.3 is 9.88 Å². The molecule has 31 heavy (non-hydrogen) atoms. The van der Waals surface area contributed by atoms with Crippen LogP contribution in [0.5, 0.6) is 0 Å². The number of fused-ring (bicyclic) bond motifs is 1. The summed E-state index contributed by atoms with van der Waals surface area (Å²) in [6, 6.07) is 13.6. The number of amides is 1. The number of nitrogens with one attached hydrogen (secondary N) is 1. The van der Waals surface area contributed by atoms with E-state index in [1.165, 1.54) is 57.8 Å². The molecular weight excluding hydrogens is 384 g/mol.